The van der Waals surface area contributed by atoms with Crippen molar-refractivity contribution >= 4 is 34.8 Å². The fourth-order valence-corrected chi connectivity index (χ4v) is 3.39. The Morgan fingerprint density at radius 1 is 1.03 bits per heavy atom. The van der Waals surface area contributed by atoms with Crippen LogP contribution in [0, 0.1) is 12.7 Å². The summed E-state index contributed by atoms with van der Waals surface area (Å²) in [6.45, 7) is 1.93. The van der Waals surface area contributed by atoms with E-state index in [2.05, 4.69) is 15.4 Å². The molecule has 1 heterocycles. The third-order valence-corrected chi connectivity index (χ3v) is 4.98. The first-order valence-corrected chi connectivity index (χ1v) is 9.73. The molecule has 0 aliphatic heterocycles. The summed E-state index contributed by atoms with van der Waals surface area (Å²) in [6, 6.07) is 18.2. The van der Waals surface area contributed by atoms with Crippen molar-refractivity contribution in [2.24, 2.45) is 0 Å². The van der Waals surface area contributed by atoms with Crippen molar-refractivity contribution in [2.75, 3.05) is 5.32 Å². The number of hydrogen-bond donors (Lipinski definition) is 1. The Bertz CT molecular complexity index is 1240. The van der Waals surface area contributed by atoms with Gasteiger partial charge in [-0.25, -0.2) is 14.1 Å². The molecule has 0 atom stereocenters. The van der Waals surface area contributed by atoms with Crippen molar-refractivity contribution in [3.8, 4) is 17.1 Å². The number of para-hydroxylation sites is 1. The van der Waals surface area contributed by atoms with Gasteiger partial charge < -0.3 is 5.32 Å². The molecule has 3 aromatic carbocycles. The number of carbonyl (C=O) groups excluding carboxylic acids is 1. The second-order valence-electron chi connectivity index (χ2n) is 6.54. The molecule has 0 spiro atoms. The summed E-state index contributed by atoms with van der Waals surface area (Å²) in [7, 11) is 0. The van der Waals surface area contributed by atoms with Crippen LogP contribution in [0.5, 0.6) is 0 Å². The van der Waals surface area contributed by atoms with Gasteiger partial charge in [-0.15, -0.1) is 5.10 Å². The monoisotopic (exact) mass is 440 g/mol. The van der Waals surface area contributed by atoms with Crippen molar-refractivity contribution in [3.05, 3.63) is 94.0 Å². The van der Waals surface area contributed by atoms with E-state index in [0.29, 0.717) is 27.1 Å². The van der Waals surface area contributed by atoms with Gasteiger partial charge in [0.2, 0.25) is 5.82 Å². The maximum absolute atomic E-state index is 13.4. The van der Waals surface area contributed by atoms with E-state index in [-0.39, 0.29) is 11.6 Å². The molecule has 150 valence electrons. The number of anilines is 1. The number of halogens is 3. The van der Waals surface area contributed by atoms with Crippen LogP contribution in [-0.4, -0.2) is 20.7 Å². The van der Waals surface area contributed by atoms with Crippen LogP contribution >= 0.6 is 23.2 Å². The van der Waals surface area contributed by atoms with Gasteiger partial charge in [0.1, 0.15) is 5.82 Å². The average Bonchev–Trinajstić information content (AvgIpc) is 3.16. The molecule has 0 radical (unpaired) electrons. The normalized spacial score (nSPS) is 10.8. The highest BCUT2D eigenvalue weighted by Crippen LogP contribution is 2.27. The number of nitrogens with zero attached hydrogens (tertiary/aromatic N) is 3. The fraction of sp³-hybridized carbons (Fsp3) is 0.0455. The molecule has 0 aliphatic rings. The Kier molecular flexibility index (Phi) is 5.53. The standard InChI is InChI=1S/C22H15Cl2FN4O/c1-13-4-2-3-5-19(13)29-21(14-6-9-16(25)10-7-14)27-20(28-29)22(30)26-18-11-8-15(23)12-17(18)24/h2-12H,1H3,(H,26,30). The molecule has 0 saturated carbocycles. The molecule has 1 amide bonds. The van der Waals surface area contributed by atoms with Crippen LogP contribution in [0.2, 0.25) is 10.0 Å². The lowest BCUT2D eigenvalue weighted by Gasteiger charge is -2.08. The van der Waals surface area contributed by atoms with Gasteiger partial charge in [0.05, 0.1) is 16.4 Å². The summed E-state index contributed by atoms with van der Waals surface area (Å²) in [6.07, 6.45) is 0. The Hall–Kier alpha value is -3.22. The molecular formula is C22H15Cl2FN4O. The average molecular weight is 441 g/mol. The van der Waals surface area contributed by atoms with Gasteiger partial charge in [-0.05, 0) is 61.0 Å². The molecule has 0 aliphatic carbocycles. The molecule has 0 unspecified atom stereocenters. The second-order valence-corrected chi connectivity index (χ2v) is 7.39. The number of benzene rings is 3. The number of nitrogens with one attached hydrogen (secondary N) is 1. The predicted molar refractivity (Wildman–Crippen MR) is 116 cm³/mol. The van der Waals surface area contributed by atoms with Gasteiger partial charge in [0, 0.05) is 10.6 Å². The summed E-state index contributed by atoms with van der Waals surface area (Å²) in [5, 5.41) is 7.86. The molecule has 4 aromatic rings. The van der Waals surface area contributed by atoms with Crippen LogP contribution in [0.15, 0.2) is 66.7 Å². The topological polar surface area (TPSA) is 59.8 Å². The number of aromatic nitrogens is 3. The molecule has 1 aromatic heterocycles. The molecule has 0 saturated heterocycles. The van der Waals surface area contributed by atoms with Gasteiger partial charge >= 0.3 is 0 Å². The molecule has 8 heteroatoms. The lowest BCUT2D eigenvalue weighted by atomic mass is 10.1. The van der Waals surface area contributed by atoms with Crippen LogP contribution in [-0.2, 0) is 0 Å². The molecule has 4 rings (SSSR count). The summed E-state index contributed by atoms with van der Waals surface area (Å²) < 4.78 is 15.0. The van der Waals surface area contributed by atoms with Crippen molar-refractivity contribution in [3.63, 3.8) is 0 Å². The smallest absolute Gasteiger partial charge is 0.295 e. The van der Waals surface area contributed by atoms with E-state index >= 15 is 0 Å². The Labute approximate surface area is 182 Å². The molecule has 1 N–H and O–H groups in total. The minimum atomic E-state index is -0.532. The summed E-state index contributed by atoms with van der Waals surface area (Å²) in [4.78, 5) is 17.2. The summed E-state index contributed by atoms with van der Waals surface area (Å²) in [5.74, 6) is -0.536. The predicted octanol–water partition coefficient (Wildman–Crippen LogP) is 5.94. The number of carbonyl (C=O) groups is 1. The molecule has 0 fully saturated rings. The number of hydrogen-bond acceptors (Lipinski definition) is 3. The van der Waals surface area contributed by atoms with Gasteiger partial charge in [-0.1, -0.05) is 41.4 Å². The molecule has 5 nitrogen and oxygen atoms in total. The van der Waals surface area contributed by atoms with Crippen molar-refractivity contribution in [1.29, 1.82) is 0 Å². The number of amides is 1. The first kappa shape index (κ1) is 20.1. The van der Waals surface area contributed by atoms with Crippen molar-refractivity contribution in [1.82, 2.24) is 14.8 Å². The minimum absolute atomic E-state index is 0.0522. The first-order chi connectivity index (χ1) is 14.4. The van der Waals surface area contributed by atoms with Gasteiger partial charge in [-0.3, -0.25) is 4.79 Å². The van der Waals surface area contributed by atoms with Crippen molar-refractivity contribution in [2.45, 2.75) is 6.92 Å². The number of rotatable bonds is 4. The van der Waals surface area contributed by atoms with Crippen LogP contribution in [0.1, 0.15) is 16.2 Å². The third kappa shape index (κ3) is 4.06. The number of aryl methyl sites for hydroxylation is 1. The minimum Gasteiger partial charge on any atom is -0.318 e. The van der Waals surface area contributed by atoms with E-state index in [1.165, 1.54) is 18.2 Å². The highest BCUT2D eigenvalue weighted by molar-refractivity contribution is 6.36. The quantitative estimate of drug-likeness (QED) is 0.426. The van der Waals surface area contributed by atoms with Crippen LogP contribution in [0.4, 0.5) is 10.1 Å². The van der Waals surface area contributed by atoms with E-state index < -0.39 is 5.91 Å². The van der Waals surface area contributed by atoms with E-state index in [4.69, 9.17) is 23.2 Å². The van der Waals surface area contributed by atoms with Crippen LogP contribution in [0.3, 0.4) is 0 Å². The van der Waals surface area contributed by atoms with E-state index in [1.54, 1.807) is 28.9 Å². The SMILES string of the molecule is Cc1ccccc1-n1nc(C(=O)Nc2ccc(Cl)cc2Cl)nc1-c1ccc(F)cc1. The fourth-order valence-electron chi connectivity index (χ4n) is 2.93. The third-order valence-electron chi connectivity index (χ3n) is 4.44. The van der Waals surface area contributed by atoms with Gasteiger partial charge in [0.15, 0.2) is 5.82 Å². The molecule has 30 heavy (non-hydrogen) atoms. The zero-order valence-electron chi connectivity index (χ0n) is 15.7. The zero-order chi connectivity index (χ0) is 21.3. The van der Waals surface area contributed by atoms with Crippen molar-refractivity contribution < 1.29 is 9.18 Å². The van der Waals surface area contributed by atoms with Gasteiger partial charge in [0.25, 0.3) is 5.91 Å². The maximum Gasteiger partial charge on any atom is 0.295 e. The lowest BCUT2D eigenvalue weighted by Crippen LogP contribution is -2.14. The Morgan fingerprint density at radius 3 is 2.47 bits per heavy atom. The second kappa shape index (κ2) is 8.26. The van der Waals surface area contributed by atoms with Gasteiger partial charge in [-0.2, -0.15) is 0 Å². The highest BCUT2D eigenvalue weighted by atomic mass is 35.5. The van der Waals surface area contributed by atoms with E-state index in [9.17, 15) is 9.18 Å². The highest BCUT2D eigenvalue weighted by Gasteiger charge is 2.20. The van der Waals surface area contributed by atoms with E-state index in [0.717, 1.165) is 11.3 Å². The zero-order valence-corrected chi connectivity index (χ0v) is 17.2. The van der Waals surface area contributed by atoms with Crippen LogP contribution in [0.25, 0.3) is 17.1 Å². The van der Waals surface area contributed by atoms with Crippen LogP contribution < -0.4 is 5.32 Å². The largest absolute Gasteiger partial charge is 0.318 e. The molecule has 0 bridgehead atoms. The maximum atomic E-state index is 13.4. The lowest BCUT2D eigenvalue weighted by molar-refractivity contribution is 0.101. The summed E-state index contributed by atoms with van der Waals surface area (Å²) >= 11 is 12.0. The molecular weight excluding hydrogens is 426 g/mol. The summed E-state index contributed by atoms with van der Waals surface area (Å²) in [5.41, 5.74) is 2.71. The first-order valence-electron chi connectivity index (χ1n) is 8.98. The Morgan fingerprint density at radius 2 is 1.77 bits per heavy atom. The van der Waals surface area contributed by atoms with E-state index in [1.807, 2.05) is 31.2 Å². The Balaban J connectivity index is 1.77.